The summed E-state index contributed by atoms with van der Waals surface area (Å²) in [4.78, 5) is 11.6. The summed E-state index contributed by atoms with van der Waals surface area (Å²) in [6.45, 7) is 9.49. The lowest BCUT2D eigenvalue weighted by molar-refractivity contribution is 0.462. The molecule has 0 unspecified atom stereocenters. The maximum absolute atomic E-state index is 4.74. The molecule has 0 aliphatic carbocycles. The molecule has 7 heteroatoms. The second-order valence-electron chi connectivity index (χ2n) is 7.66. The molecule has 0 radical (unpaired) electrons. The van der Waals surface area contributed by atoms with Gasteiger partial charge in [-0.25, -0.2) is 4.98 Å². The van der Waals surface area contributed by atoms with E-state index >= 15 is 0 Å². The highest BCUT2D eigenvalue weighted by Gasteiger charge is 2.21. The number of guanidine groups is 1. The monoisotopic (exact) mass is 391 g/mol. The lowest BCUT2D eigenvalue weighted by Crippen LogP contribution is -2.48. The van der Waals surface area contributed by atoms with Crippen molar-refractivity contribution in [2.45, 2.75) is 51.6 Å². The van der Waals surface area contributed by atoms with E-state index in [9.17, 15) is 0 Å². The van der Waals surface area contributed by atoms with Crippen LogP contribution in [0, 0.1) is 0 Å². The topological polar surface area (TPSA) is 52.6 Å². The Balaban J connectivity index is 1.46. The second-order valence-corrected chi connectivity index (χ2v) is 9.53. The quantitative estimate of drug-likeness (QED) is 0.614. The molecule has 5 nitrogen and oxygen atoms in total. The van der Waals surface area contributed by atoms with Crippen LogP contribution in [0.2, 0.25) is 0 Å². The summed E-state index contributed by atoms with van der Waals surface area (Å²) in [6, 6.07) is 4.80. The number of thiazole rings is 1. The summed E-state index contributed by atoms with van der Waals surface area (Å²) < 4.78 is 0. The minimum absolute atomic E-state index is 0.102. The van der Waals surface area contributed by atoms with E-state index in [4.69, 9.17) is 4.98 Å². The van der Waals surface area contributed by atoms with E-state index in [0.717, 1.165) is 42.6 Å². The van der Waals surface area contributed by atoms with Gasteiger partial charge in [0.05, 0.1) is 17.2 Å². The van der Waals surface area contributed by atoms with Gasteiger partial charge in [0.15, 0.2) is 5.96 Å². The highest BCUT2D eigenvalue weighted by Crippen LogP contribution is 2.25. The van der Waals surface area contributed by atoms with E-state index in [-0.39, 0.29) is 5.41 Å². The predicted octanol–water partition coefficient (Wildman–Crippen LogP) is 3.84. The van der Waals surface area contributed by atoms with Crippen LogP contribution in [-0.2, 0) is 12.0 Å². The number of nitrogens with zero attached hydrogens (tertiary/aromatic N) is 3. The maximum Gasteiger partial charge on any atom is 0.191 e. The number of hydrogen-bond donors (Lipinski definition) is 2. The van der Waals surface area contributed by atoms with Crippen molar-refractivity contribution in [3.05, 3.63) is 33.6 Å². The SMILES string of the molecule is CN=C(NCc1nc(C(C)(C)C)cs1)NC1CCN(c2cccs2)CC1. The van der Waals surface area contributed by atoms with Crippen LogP contribution in [0.3, 0.4) is 0 Å². The van der Waals surface area contributed by atoms with Crippen LogP contribution < -0.4 is 15.5 Å². The fourth-order valence-corrected chi connectivity index (χ4v) is 4.72. The van der Waals surface area contributed by atoms with E-state index in [0.29, 0.717) is 12.6 Å². The summed E-state index contributed by atoms with van der Waals surface area (Å²) in [5, 5.41) is 13.8. The molecule has 1 aliphatic rings. The largest absolute Gasteiger partial charge is 0.363 e. The molecule has 1 saturated heterocycles. The van der Waals surface area contributed by atoms with Crippen molar-refractivity contribution in [3.8, 4) is 0 Å². The van der Waals surface area contributed by atoms with Gasteiger partial charge < -0.3 is 15.5 Å². The minimum Gasteiger partial charge on any atom is -0.363 e. The first-order valence-electron chi connectivity index (χ1n) is 9.16. The molecule has 2 aromatic rings. The lowest BCUT2D eigenvalue weighted by Gasteiger charge is -2.33. The van der Waals surface area contributed by atoms with Gasteiger partial charge in [0.25, 0.3) is 0 Å². The third-order valence-electron chi connectivity index (χ3n) is 4.60. The van der Waals surface area contributed by atoms with Crippen molar-refractivity contribution >= 4 is 33.6 Å². The van der Waals surface area contributed by atoms with Gasteiger partial charge in [-0.1, -0.05) is 20.8 Å². The number of anilines is 1. The Hall–Kier alpha value is -1.60. The van der Waals surface area contributed by atoms with Crippen molar-refractivity contribution in [1.29, 1.82) is 0 Å². The first-order chi connectivity index (χ1) is 12.5. The number of aromatic nitrogens is 1. The van der Waals surface area contributed by atoms with Gasteiger partial charge in [-0.3, -0.25) is 4.99 Å². The molecule has 26 heavy (non-hydrogen) atoms. The zero-order valence-corrected chi connectivity index (χ0v) is 17.7. The summed E-state index contributed by atoms with van der Waals surface area (Å²) in [5.74, 6) is 0.868. The Kier molecular flexibility index (Phi) is 6.19. The maximum atomic E-state index is 4.74. The van der Waals surface area contributed by atoms with Crippen LogP contribution in [0.1, 0.15) is 44.3 Å². The minimum atomic E-state index is 0.102. The zero-order chi connectivity index (χ0) is 18.6. The number of thiophene rings is 1. The van der Waals surface area contributed by atoms with Crippen LogP contribution in [0.4, 0.5) is 5.00 Å². The number of piperidine rings is 1. The first kappa shape index (κ1) is 19.2. The lowest BCUT2D eigenvalue weighted by atomic mass is 9.93. The number of rotatable bonds is 4. The summed E-state index contributed by atoms with van der Waals surface area (Å²) >= 11 is 3.53. The second kappa shape index (κ2) is 8.39. The molecule has 2 aromatic heterocycles. The molecule has 1 fully saturated rings. The number of hydrogen-bond acceptors (Lipinski definition) is 5. The average Bonchev–Trinajstić information content (AvgIpc) is 3.30. The Morgan fingerprint density at radius 1 is 1.31 bits per heavy atom. The van der Waals surface area contributed by atoms with E-state index < -0.39 is 0 Å². The van der Waals surface area contributed by atoms with Crippen LogP contribution in [0.15, 0.2) is 27.9 Å². The van der Waals surface area contributed by atoms with Gasteiger partial charge in [0.2, 0.25) is 0 Å². The number of aliphatic imine (C=N–C) groups is 1. The molecule has 0 amide bonds. The molecule has 0 bridgehead atoms. The van der Waals surface area contributed by atoms with E-state index in [1.807, 2.05) is 18.4 Å². The van der Waals surface area contributed by atoms with Gasteiger partial charge in [0.1, 0.15) is 5.01 Å². The fourth-order valence-electron chi connectivity index (χ4n) is 2.98. The van der Waals surface area contributed by atoms with Crippen LogP contribution in [0.25, 0.3) is 0 Å². The highest BCUT2D eigenvalue weighted by atomic mass is 32.1. The molecular formula is C19H29N5S2. The molecule has 0 atom stereocenters. The molecule has 0 saturated carbocycles. The summed E-state index contributed by atoms with van der Waals surface area (Å²) in [7, 11) is 1.83. The molecule has 0 spiro atoms. The third-order valence-corrected chi connectivity index (χ3v) is 6.38. The predicted molar refractivity (Wildman–Crippen MR) is 114 cm³/mol. The normalized spacial score (nSPS) is 16.8. The van der Waals surface area contributed by atoms with Gasteiger partial charge in [-0.15, -0.1) is 22.7 Å². The Labute approximate surface area is 164 Å². The van der Waals surface area contributed by atoms with Crippen molar-refractivity contribution in [2.24, 2.45) is 4.99 Å². The summed E-state index contributed by atoms with van der Waals surface area (Å²) in [6.07, 6.45) is 2.26. The van der Waals surface area contributed by atoms with Gasteiger partial charge in [-0.2, -0.15) is 0 Å². The molecule has 3 rings (SSSR count). The van der Waals surface area contributed by atoms with Crippen molar-refractivity contribution in [1.82, 2.24) is 15.6 Å². The Morgan fingerprint density at radius 2 is 2.08 bits per heavy atom. The smallest absolute Gasteiger partial charge is 0.191 e. The highest BCUT2D eigenvalue weighted by molar-refractivity contribution is 7.14. The zero-order valence-electron chi connectivity index (χ0n) is 16.1. The standard InChI is InChI=1S/C19H29N5S2/c1-19(2,3)15-13-26-16(23-15)12-21-18(20-4)22-14-7-9-24(10-8-14)17-6-5-11-25-17/h5-6,11,13-14H,7-10,12H2,1-4H3,(H2,20,21,22). The number of nitrogens with one attached hydrogen (secondary N) is 2. The van der Waals surface area contributed by atoms with Crippen molar-refractivity contribution < 1.29 is 0 Å². The molecular weight excluding hydrogens is 362 g/mol. The van der Waals surface area contributed by atoms with Gasteiger partial charge in [-0.05, 0) is 30.4 Å². The van der Waals surface area contributed by atoms with E-state index in [1.165, 1.54) is 5.00 Å². The average molecular weight is 392 g/mol. The van der Waals surface area contributed by atoms with Crippen molar-refractivity contribution in [2.75, 3.05) is 25.0 Å². The third kappa shape index (κ3) is 4.98. The molecule has 142 valence electrons. The fraction of sp³-hybridized carbons (Fsp3) is 0.579. The molecule has 2 N–H and O–H groups in total. The van der Waals surface area contributed by atoms with Crippen LogP contribution in [-0.4, -0.2) is 37.1 Å². The molecule has 3 heterocycles. The summed E-state index contributed by atoms with van der Waals surface area (Å²) in [5.41, 5.74) is 1.26. The van der Waals surface area contributed by atoms with Gasteiger partial charge >= 0.3 is 0 Å². The van der Waals surface area contributed by atoms with Gasteiger partial charge in [0, 0.05) is 37.0 Å². The first-order valence-corrected chi connectivity index (χ1v) is 10.9. The Morgan fingerprint density at radius 3 is 2.65 bits per heavy atom. The van der Waals surface area contributed by atoms with Crippen LogP contribution in [0.5, 0.6) is 0 Å². The Bertz CT molecular complexity index is 707. The van der Waals surface area contributed by atoms with E-state index in [1.54, 1.807) is 11.3 Å². The molecule has 1 aliphatic heterocycles. The van der Waals surface area contributed by atoms with Crippen molar-refractivity contribution in [3.63, 3.8) is 0 Å². The van der Waals surface area contributed by atoms with Crippen LogP contribution >= 0.6 is 22.7 Å². The molecule has 0 aromatic carbocycles. The van der Waals surface area contributed by atoms with E-state index in [2.05, 4.69) is 64.2 Å².